The number of aryl methyl sites for hydroxylation is 1. The van der Waals surface area contributed by atoms with Crippen molar-refractivity contribution in [1.82, 2.24) is 9.62 Å². The van der Waals surface area contributed by atoms with Crippen molar-refractivity contribution in [2.75, 3.05) is 26.7 Å². The minimum absolute atomic E-state index is 0.0208. The number of hydrogen-bond acceptors (Lipinski definition) is 4. The highest BCUT2D eigenvalue weighted by Gasteiger charge is 2.15. The first-order valence-corrected chi connectivity index (χ1v) is 10.3. The van der Waals surface area contributed by atoms with Gasteiger partial charge in [0.15, 0.2) is 0 Å². The third-order valence-electron chi connectivity index (χ3n) is 3.90. The summed E-state index contributed by atoms with van der Waals surface area (Å²) in [6.07, 6.45) is 0.0633. The largest absolute Gasteiger partial charge is 0.492 e. The van der Waals surface area contributed by atoms with E-state index in [0.717, 1.165) is 11.3 Å². The van der Waals surface area contributed by atoms with Gasteiger partial charge in [-0.3, -0.25) is 4.79 Å². The van der Waals surface area contributed by atoms with Crippen LogP contribution in [0.1, 0.15) is 12.0 Å². The van der Waals surface area contributed by atoms with Crippen molar-refractivity contribution < 1.29 is 17.9 Å². The molecule has 0 saturated carbocycles. The van der Waals surface area contributed by atoms with Crippen LogP contribution < -0.4 is 9.46 Å². The van der Waals surface area contributed by atoms with Crippen LogP contribution in [0.25, 0.3) is 0 Å². The van der Waals surface area contributed by atoms with Gasteiger partial charge in [-0.1, -0.05) is 29.3 Å². The van der Waals surface area contributed by atoms with E-state index in [0.29, 0.717) is 18.2 Å². The third kappa shape index (κ3) is 6.86. The number of benzene rings is 2. The van der Waals surface area contributed by atoms with Gasteiger partial charge in [-0.2, -0.15) is 0 Å². The van der Waals surface area contributed by atoms with Crippen LogP contribution in [0.2, 0.25) is 5.02 Å². The van der Waals surface area contributed by atoms with Crippen molar-refractivity contribution in [1.29, 1.82) is 0 Å². The van der Waals surface area contributed by atoms with E-state index in [1.165, 1.54) is 29.2 Å². The summed E-state index contributed by atoms with van der Waals surface area (Å²) in [5.74, 6) is 0.582. The SMILES string of the molecule is Cc1ccc(OCCN(C)C(=O)CCNS(=O)(=O)c2ccc(Cl)cc2)cc1. The van der Waals surface area contributed by atoms with E-state index in [4.69, 9.17) is 16.3 Å². The molecule has 27 heavy (non-hydrogen) atoms. The van der Waals surface area contributed by atoms with Crippen LogP contribution in [-0.2, 0) is 14.8 Å². The van der Waals surface area contributed by atoms with Crippen LogP contribution in [0, 0.1) is 6.92 Å². The van der Waals surface area contributed by atoms with E-state index in [1.54, 1.807) is 7.05 Å². The summed E-state index contributed by atoms with van der Waals surface area (Å²) in [4.78, 5) is 13.7. The molecule has 0 aliphatic rings. The van der Waals surface area contributed by atoms with E-state index in [-0.39, 0.29) is 23.8 Å². The molecule has 0 unspecified atom stereocenters. The van der Waals surface area contributed by atoms with Crippen LogP contribution in [0.15, 0.2) is 53.4 Å². The number of hydrogen-bond donors (Lipinski definition) is 1. The first-order chi connectivity index (χ1) is 12.8. The molecule has 6 nitrogen and oxygen atoms in total. The number of likely N-dealkylation sites (N-methyl/N-ethyl adjacent to an activating group) is 1. The van der Waals surface area contributed by atoms with Crippen molar-refractivity contribution in [3.05, 3.63) is 59.1 Å². The smallest absolute Gasteiger partial charge is 0.240 e. The standard InChI is InChI=1S/C19H23ClN2O4S/c1-15-3-7-17(8-4-15)26-14-13-22(2)19(23)11-12-21-27(24,25)18-9-5-16(20)6-10-18/h3-10,21H,11-14H2,1-2H3. The number of carbonyl (C=O) groups is 1. The van der Waals surface area contributed by atoms with Crippen LogP contribution >= 0.6 is 11.6 Å². The van der Waals surface area contributed by atoms with Crippen molar-refractivity contribution >= 4 is 27.5 Å². The fourth-order valence-corrected chi connectivity index (χ4v) is 3.40. The average molecular weight is 411 g/mol. The monoisotopic (exact) mass is 410 g/mol. The van der Waals surface area contributed by atoms with Gasteiger partial charge in [0.2, 0.25) is 15.9 Å². The molecule has 0 spiro atoms. The maximum Gasteiger partial charge on any atom is 0.240 e. The van der Waals surface area contributed by atoms with Crippen LogP contribution in [-0.4, -0.2) is 46.0 Å². The highest BCUT2D eigenvalue weighted by molar-refractivity contribution is 7.89. The van der Waals surface area contributed by atoms with Gasteiger partial charge >= 0.3 is 0 Å². The summed E-state index contributed by atoms with van der Waals surface area (Å²) in [7, 11) is -2.00. The van der Waals surface area contributed by atoms with Crippen molar-refractivity contribution in [2.45, 2.75) is 18.2 Å². The molecule has 1 amide bonds. The van der Waals surface area contributed by atoms with E-state index < -0.39 is 10.0 Å². The lowest BCUT2D eigenvalue weighted by atomic mass is 10.2. The molecule has 146 valence electrons. The summed E-state index contributed by atoms with van der Waals surface area (Å²) in [5, 5.41) is 0.457. The van der Waals surface area contributed by atoms with Gasteiger partial charge < -0.3 is 9.64 Å². The summed E-state index contributed by atoms with van der Waals surface area (Å²) >= 11 is 5.75. The molecular weight excluding hydrogens is 388 g/mol. The van der Waals surface area contributed by atoms with E-state index in [1.807, 2.05) is 31.2 Å². The van der Waals surface area contributed by atoms with Gasteiger partial charge in [0.05, 0.1) is 11.4 Å². The molecule has 0 saturated heterocycles. The molecule has 0 aliphatic heterocycles. The molecule has 0 radical (unpaired) electrons. The second-order valence-electron chi connectivity index (χ2n) is 6.08. The predicted octanol–water partition coefficient (Wildman–Crippen LogP) is 2.85. The first-order valence-electron chi connectivity index (χ1n) is 8.46. The zero-order valence-corrected chi connectivity index (χ0v) is 16.9. The fraction of sp³-hybridized carbons (Fsp3) is 0.316. The molecule has 2 aromatic rings. The van der Waals surface area contributed by atoms with Gasteiger partial charge in [-0.25, -0.2) is 13.1 Å². The highest BCUT2D eigenvalue weighted by atomic mass is 35.5. The topological polar surface area (TPSA) is 75.7 Å². The van der Waals surface area contributed by atoms with Crippen molar-refractivity contribution in [2.24, 2.45) is 0 Å². The van der Waals surface area contributed by atoms with E-state index in [2.05, 4.69) is 4.72 Å². The second kappa shape index (κ2) is 9.73. The molecule has 0 heterocycles. The van der Waals surface area contributed by atoms with Gasteiger partial charge in [0.25, 0.3) is 0 Å². The molecular formula is C19H23ClN2O4S. The Morgan fingerprint density at radius 1 is 1.11 bits per heavy atom. The van der Waals surface area contributed by atoms with Gasteiger partial charge in [0, 0.05) is 25.0 Å². The number of nitrogens with zero attached hydrogens (tertiary/aromatic N) is 1. The molecule has 0 atom stereocenters. The van der Waals surface area contributed by atoms with Crippen molar-refractivity contribution in [3.63, 3.8) is 0 Å². The van der Waals surface area contributed by atoms with E-state index >= 15 is 0 Å². The lowest BCUT2D eigenvalue weighted by Crippen LogP contribution is -2.34. The molecule has 2 rings (SSSR count). The quantitative estimate of drug-likeness (QED) is 0.689. The molecule has 2 aromatic carbocycles. The Kier molecular flexibility index (Phi) is 7.65. The number of amides is 1. The number of nitrogens with one attached hydrogen (secondary N) is 1. The van der Waals surface area contributed by atoms with Gasteiger partial charge in [0.1, 0.15) is 12.4 Å². The number of carbonyl (C=O) groups excluding carboxylic acids is 1. The molecule has 0 bridgehead atoms. The van der Waals surface area contributed by atoms with Gasteiger partial charge in [-0.15, -0.1) is 0 Å². The zero-order chi connectivity index (χ0) is 19.9. The lowest BCUT2D eigenvalue weighted by Gasteiger charge is -2.17. The Bertz CT molecular complexity index is 852. The van der Waals surface area contributed by atoms with Crippen molar-refractivity contribution in [3.8, 4) is 5.75 Å². The second-order valence-corrected chi connectivity index (χ2v) is 8.28. The average Bonchev–Trinajstić information content (AvgIpc) is 2.63. The summed E-state index contributed by atoms with van der Waals surface area (Å²) < 4.78 is 32.3. The van der Waals surface area contributed by atoms with Crippen LogP contribution in [0.3, 0.4) is 0 Å². The number of halogens is 1. The Labute approximate surface area is 165 Å². The zero-order valence-electron chi connectivity index (χ0n) is 15.3. The Hall–Kier alpha value is -2.09. The maximum absolute atomic E-state index is 12.1. The minimum atomic E-state index is -3.66. The maximum atomic E-state index is 12.1. The molecule has 8 heteroatoms. The lowest BCUT2D eigenvalue weighted by molar-refractivity contribution is -0.130. The number of rotatable bonds is 9. The normalized spacial score (nSPS) is 11.2. The fourth-order valence-electron chi connectivity index (χ4n) is 2.24. The van der Waals surface area contributed by atoms with Crippen LogP contribution in [0.4, 0.5) is 0 Å². The Morgan fingerprint density at radius 2 is 1.74 bits per heavy atom. The molecule has 0 fully saturated rings. The molecule has 1 N–H and O–H groups in total. The highest BCUT2D eigenvalue weighted by Crippen LogP contribution is 2.14. The number of ether oxygens (including phenoxy) is 1. The van der Waals surface area contributed by atoms with Crippen LogP contribution in [0.5, 0.6) is 5.75 Å². The summed E-state index contributed by atoms with van der Waals surface area (Å²) in [6, 6.07) is 13.5. The van der Waals surface area contributed by atoms with Gasteiger partial charge in [-0.05, 0) is 43.3 Å². The first kappa shape index (κ1) is 21.2. The molecule has 0 aliphatic carbocycles. The summed E-state index contributed by atoms with van der Waals surface area (Å²) in [5.41, 5.74) is 1.15. The Balaban J connectivity index is 1.72. The predicted molar refractivity (Wildman–Crippen MR) is 106 cm³/mol. The Morgan fingerprint density at radius 3 is 2.37 bits per heavy atom. The van der Waals surface area contributed by atoms with E-state index in [9.17, 15) is 13.2 Å². The minimum Gasteiger partial charge on any atom is -0.492 e. The number of sulfonamides is 1. The molecule has 0 aromatic heterocycles. The summed E-state index contributed by atoms with van der Waals surface area (Å²) in [6.45, 7) is 2.79. The third-order valence-corrected chi connectivity index (χ3v) is 5.63.